The van der Waals surface area contributed by atoms with Crippen LogP contribution in [0.4, 0.5) is 5.82 Å². The number of hydrogen-bond acceptors (Lipinski definition) is 3. The molecule has 0 atom stereocenters. The third-order valence-corrected chi connectivity index (χ3v) is 3.39. The largest absolute Gasteiger partial charge is 0.381 e. The molecule has 0 fully saturated rings. The van der Waals surface area contributed by atoms with Gasteiger partial charge in [-0.1, -0.05) is 21.1 Å². The van der Waals surface area contributed by atoms with Crippen LogP contribution < -0.4 is 5.73 Å². The van der Waals surface area contributed by atoms with Gasteiger partial charge in [-0.25, -0.2) is 4.68 Å². The van der Waals surface area contributed by atoms with Gasteiger partial charge in [0.2, 0.25) is 0 Å². The van der Waals surface area contributed by atoms with Gasteiger partial charge in [0.1, 0.15) is 0 Å². The summed E-state index contributed by atoms with van der Waals surface area (Å²) in [6, 6.07) is 3.86. The van der Waals surface area contributed by atoms with E-state index in [1.165, 1.54) is 0 Å². The van der Waals surface area contributed by atoms with Gasteiger partial charge in [-0.15, -0.1) is 5.10 Å². The van der Waals surface area contributed by atoms with Crippen LogP contribution in [0.15, 0.2) is 31.7 Å². The van der Waals surface area contributed by atoms with Crippen molar-refractivity contribution in [2.75, 3.05) is 5.73 Å². The van der Waals surface area contributed by atoms with E-state index in [0.29, 0.717) is 5.82 Å². The number of benzene rings is 1. The van der Waals surface area contributed by atoms with Crippen molar-refractivity contribution in [2.24, 2.45) is 0 Å². The van der Waals surface area contributed by atoms with E-state index in [9.17, 15) is 0 Å². The Kier molecular flexibility index (Phi) is 3.13. The molecule has 0 spiro atoms. The van der Waals surface area contributed by atoms with Crippen LogP contribution >= 0.6 is 47.8 Å². The molecule has 1 aromatic heterocycles. The predicted molar refractivity (Wildman–Crippen MR) is 68.9 cm³/mol. The third-order valence-electron chi connectivity index (χ3n) is 1.72. The molecule has 2 rings (SSSR count). The highest BCUT2D eigenvalue weighted by atomic mass is 79.9. The first-order chi connectivity index (χ1) is 7.08. The van der Waals surface area contributed by atoms with Gasteiger partial charge in [0.25, 0.3) is 0 Å². The molecule has 0 amide bonds. The predicted octanol–water partition coefficient (Wildman–Crippen LogP) is 3.14. The number of rotatable bonds is 1. The van der Waals surface area contributed by atoms with E-state index in [1.807, 2.05) is 12.1 Å². The minimum atomic E-state index is 0.386. The van der Waals surface area contributed by atoms with E-state index in [1.54, 1.807) is 10.9 Å². The van der Waals surface area contributed by atoms with Crippen molar-refractivity contribution in [3.05, 3.63) is 31.7 Å². The van der Waals surface area contributed by atoms with E-state index in [-0.39, 0.29) is 0 Å². The van der Waals surface area contributed by atoms with Gasteiger partial charge in [-0.3, -0.25) is 0 Å². The van der Waals surface area contributed by atoms with Crippen LogP contribution in [-0.2, 0) is 0 Å². The van der Waals surface area contributed by atoms with E-state index in [0.717, 1.165) is 19.1 Å². The number of aromatic nitrogens is 3. The lowest BCUT2D eigenvalue weighted by Gasteiger charge is -2.06. The summed E-state index contributed by atoms with van der Waals surface area (Å²) >= 11 is 10.3. The summed E-state index contributed by atoms with van der Waals surface area (Å²) in [6.07, 6.45) is 1.65. The number of nitrogens with zero attached hydrogens (tertiary/aromatic N) is 3. The van der Waals surface area contributed by atoms with Gasteiger partial charge in [0.15, 0.2) is 5.82 Å². The number of halogens is 3. The highest BCUT2D eigenvalue weighted by molar-refractivity contribution is 9.11. The van der Waals surface area contributed by atoms with Crippen molar-refractivity contribution >= 4 is 53.6 Å². The number of nitrogen functional groups attached to an aromatic ring is 1. The number of anilines is 1. The van der Waals surface area contributed by atoms with Crippen molar-refractivity contribution in [2.45, 2.75) is 0 Å². The molecule has 0 saturated heterocycles. The molecule has 0 bridgehead atoms. The van der Waals surface area contributed by atoms with Crippen molar-refractivity contribution in [1.82, 2.24) is 15.0 Å². The molecule has 15 heavy (non-hydrogen) atoms. The Balaban J connectivity index is 2.62. The lowest BCUT2D eigenvalue weighted by Crippen LogP contribution is -1.97. The fraction of sp³-hybridized carbons (Fsp3) is 0. The van der Waals surface area contributed by atoms with Gasteiger partial charge in [-0.05, 0) is 44.0 Å². The molecular formula is C8H5Br3N4. The molecule has 0 saturated carbocycles. The Morgan fingerprint density at radius 2 is 1.73 bits per heavy atom. The monoisotopic (exact) mass is 394 g/mol. The highest BCUT2D eigenvalue weighted by Crippen LogP contribution is 2.32. The lowest BCUT2D eigenvalue weighted by atomic mass is 10.3. The molecule has 1 heterocycles. The third kappa shape index (κ3) is 2.24. The zero-order chi connectivity index (χ0) is 11.0. The van der Waals surface area contributed by atoms with Crippen molar-refractivity contribution in [3.63, 3.8) is 0 Å². The highest BCUT2D eigenvalue weighted by Gasteiger charge is 2.10. The molecule has 2 aromatic rings. The van der Waals surface area contributed by atoms with E-state index in [4.69, 9.17) is 5.73 Å². The molecule has 0 unspecified atom stereocenters. The molecule has 7 heteroatoms. The van der Waals surface area contributed by atoms with Crippen LogP contribution in [0.1, 0.15) is 0 Å². The molecule has 78 valence electrons. The van der Waals surface area contributed by atoms with Gasteiger partial charge in [-0.2, -0.15) is 0 Å². The number of hydrogen-bond donors (Lipinski definition) is 1. The van der Waals surface area contributed by atoms with Crippen molar-refractivity contribution < 1.29 is 0 Å². The molecular weight excluding hydrogens is 392 g/mol. The summed E-state index contributed by atoms with van der Waals surface area (Å²) in [5, 5.41) is 7.64. The van der Waals surface area contributed by atoms with Crippen LogP contribution in [0.3, 0.4) is 0 Å². The fourth-order valence-electron chi connectivity index (χ4n) is 1.14. The van der Waals surface area contributed by atoms with Gasteiger partial charge < -0.3 is 5.73 Å². The summed E-state index contributed by atoms with van der Waals surface area (Å²) < 4.78 is 4.37. The van der Waals surface area contributed by atoms with Crippen molar-refractivity contribution in [1.29, 1.82) is 0 Å². The first kappa shape index (κ1) is 11.1. The van der Waals surface area contributed by atoms with Crippen molar-refractivity contribution in [3.8, 4) is 5.69 Å². The lowest BCUT2D eigenvalue weighted by molar-refractivity contribution is 0.798. The Labute approximate surface area is 111 Å². The second-order valence-corrected chi connectivity index (χ2v) is 5.43. The first-order valence-corrected chi connectivity index (χ1v) is 6.28. The Hall–Kier alpha value is -0.400. The maximum absolute atomic E-state index is 5.51. The SMILES string of the molecule is Nc1cn(-c2c(Br)cc(Br)cc2Br)nn1. The summed E-state index contributed by atoms with van der Waals surface area (Å²) in [7, 11) is 0. The smallest absolute Gasteiger partial charge is 0.166 e. The van der Waals surface area contributed by atoms with Gasteiger partial charge in [0, 0.05) is 13.4 Å². The Morgan fingerprint density at radius 1 is 1.13 bits per heavy atom. The Bertz CT molecular complexity index is 485. The van der Waals surface area contributed by atoms with Crippen LogP contribution in [0, 0.1) is 0 Å². The zero-order valence-electron chi connectivity index (χ0n) is 7.28. The van der Waals surface area contributed by atoms with Crippen LogP contribution in [-0.4, -0.2) is 15.0 Å². The first-order valence-electron chi connectivity index (χ1n) is 3.90. The summed E-state index contributed by atoms with van der Waals surface area (Å²) in [6.45, 7) is 0. The van der Waals surface area contributed by atoms with Crippen LogP contribution in [0.5, 0.6) is 0 Å². The molecule has 4 nitrogen and oxygen atoms in total. The average molecular weight is 397 g/mol. The molecule has 1 aromatic carbocycles. The van der Waals surface area contributed by atoms with Gasteiger partial charge in [0.05, 0.1) is 11.9 Å². The fourth-order valence-corrected chi connectivity index (χ4v) is 3.76. The molecule has 0 radical (unpaired) electrons. The topological polar surface area (TPSA) is 56.7 Å². The van der Waals surface area contributed by atoms with Crippen LogP contribution in [0.25, 0.3) is 5.69 Å². The normalized spacial score (nSPS) is 10.6. The summed E-state index contributed by atoms with van der Waals surface area (Å²) in [4.78, 5) is 0. The van der Waals surface area contributed by atoms with E-state index in [2.05, 4.69) is 58.1 Å². The van der Waals surface area contributed by atoms with Gasteiger partial charge >= 0.3 is 0 Å². The Morgan fingerprint density at radius 3 is 2.20 bits per heavy atom. The summed E-state index contributed by atoms with van der Waals surface area (Å²) in [5.74, 6) is 0.386. The molecule has 0 aliphatic carbocycles. The summed E-state index contributed by atoms with van der Waals surface area (Å²) in [5.41, 5.74) is 6.38. The van der Waals surface area contributed by atoms with E-state index < -0.39 is 0 Å². The minimum Gasteiger partial charge on any atom is -0.381 e. The zero-order valence-corrected chi connectivity index (χ0v) is 12.0. The quantitative estimate of drug-likeness (QED) is 0.805. The molecule has 0 aliphatic rings. The van der Waals surface area contributed by atoms with E-state index >= 15 is 0 Å². The van der Waals surface area contributed by atoms with Crippen LogP contribution in [0.2, 0.25) is 0 Å². The molecule has 2 N–H and O–H groups in total. The molecule has 0 aliphatic heterocycles. The minimum absolute atomic E-state index is 0.386. The second-order valence-electron chi connectivity index (χ2n) is 2.81. The second kappa shape index (κ2) is 4.23. The standard InChI is InChI=1S/C8H5Br3N4/c9-4-1-5(10)8(6(11)2-4)15-3-7(12)13-14-15/h1-3H,12H2. The maximum atomic E-state index is 5.51. The average Bonchev–Trinajstić information content (AvgIpc) is 2.49. The number of nitrogens with two attached hydrogens (primary N) is 1. The maximum Gasteiger partial charge on any atom is 0.166 e.